The van der Waals surface area contributed by atoms with Gasteiger partial charge in [-0.25, -0.2) is 4.57 Å². The highest BCUT2D eigenvalue weighted by Crippen LogP contribution is 2.43. The Labute approximate surface area is 465 Å². The molecule has 0 rings (SSSR count). The molecule has 0 aliphatic carbocycles. The number of carbonyl (C=O) groups excluding carboxylic acids is 3. The van der Waals surface area contributed by atoms with Crippen molar-refractivity contribution in [1.82, 2.24) is 0 Å². The van der Waals surface area contributed by atoms with Crippen LogP contribution in [0.4, 0.5) is 0 Å². The largest absolute Gasteiger partial charge is 0.472 e. The lowest BCUT2D eigenvalue weighted by Crippen LogP contribution is -2.30. The average molecular weight is 1090 g/mol. The van der Waals surface area contributed by atoms with Crippen molar-refractivity contribution in [3.8, 4) is 0 Å². The highest BCUT2D eigenvalue weighted by molar-refractivity contribution is 7.47. The Morgan fingerprint density at radius 2 is 0.697 bits per heavy atom. The van der Waals surface area contributed by atoms with Crippen molar-refractivity contribution in [2.45, 2.75) is 290 Å². The highest BCUT2D eigenvalue weighted by atomic mass is 31.2. The summed E-state index contributed by atoms with van der Waals surface area (Å²) in [6, 6.07) is 0. The van der Waals surface area contributed by atoms with Gasteiger partial charge < -0.3 is 24.2 Å². The molecule has 0 aromatic carbocycles. The molecule has 11 nitrogen and oxygen atoms in total. The zero-order chi connectivity index (χ0) is 55.5. The van der Waals surface area contributed by atoms with Crippen molar-refractivity contribution in [2.75, 3.05) is 26.4 Å². The lowest BCUT2D eigenvalue weighted by Gasteiger charge is -2.21. The molecule has 3 unspecified atom stereocenters. The molecule has 0 spiro atoms. The molecule has 0 radical (unpaired) electrons. The van der Waals surface area contributed by atoms with Gasteiger partial charge in [0.1, 0.15) is 12.7 Å². The predicted octanol–water partition coefficient (Wildman–Crippen LogP) is 18.5. The first kappa shape index (κ1) is 72.9. The van der Waals surface area contributed by atoms with E-state index in [0.29, 0.717) is 19.3 Å². The van der Waals surface area contributed by atoms with Crippen LogP contribution in [0.15, 0.2) is 72.9 Å². The molecule has 12 heteroatoms. The number of aliphatic hydroxyl groups is 1. The van der Waals surface area contributed by atoms with Crippen molar-refractivity contribution in [2.24, 2.45) is 0 Å². The Bertz CT molecular complexity index is 1550. The number of hydrogen-bond acceptors (Lipinski definition) is 10. The molecular formula is C64H113O11P. The quantitative estimate of drug-likeness (QED) is 0.0197. The van der Waals surface area contributed by atoms with Gasteiger partial charge in [-0.2, -0.15) is 0 Å². The van der Waals surface area contributed by atoms with E-state index in [1.54, 1.807) is 0 Å². The molecule has 0 aliphatic rings. The van der Waals surface area contributed by atoms with Crippen molar-refractivity contribution in [3.63, 3.8) is 0 Å². The first-order chi connectivity index (χ1) is 37.2. The molecular weight excluding hydrogens is 976 g/mol. The summed E-state index contributed by atoms with van der Waals surface area (Å²) in [5, 5.41) is 9.81. The molecule has 0 saturated heterocycles. The van der Waals surface area contributed by atoms with Gasteiger partial charge in [0.15, 0.2) is 6.10 Å². The lowest BCUT2D eigenvalue weighted by atomic mass is 10.1. The van der Waals surface area contributed by atoms with E-state index in [0.717, 1.165) is 122 Å². The van der Waals surface area contributed by atoms with Gasteiger partial charge in [-0.1, -0.05) is 229 Å². The molecule has 0 bridgehead atoms. The normalized spacial score (nSPS) is 13.8. The van der Waals surface area contributed by atoms with Crippen LogP contribution in [0, 0.1) is 0 Å². The fourth-order valence-corrected chi connectivity index (χ4v) is 9.17. The minimum Gasteiger partial charge on any atom is -0.462 e. The van der Waals surface area contributed by atoms with Crippen molar-refractivity contribution < 1.29 is 52.2 Å². The molecule has 76 heavy (non-hydrogen) atoms. The van der Waals surface area contributed by atoms with Crippen LogP contribution in [-0.2, 0) is 42.2 Å². The molecule has 0 amide bonds. The molecule has 440 valence electrons. The van der Waals surface area contributed by atoms with Crippen LogP contribution in [-0.4, -0.2) is 66.5 Å². The maximum Gasteiger partial charge on any atom is 0.472 e. The average Bonchev–Trinajstić information content (AvgIpc) is 3.41. The number of ether oxygens (including phenoxy) is 3. The Hall–Kier alpha value is -3.08. The summed E-state index contributed by atoms with van der Waals surface area (Å²) in [6.45, 7) is 4.49. The monoisotopic (exact) mass is 1090 g/mol. The number of phosphoric acid groups is 1. The molecule has 0 aromatic rings. The summed E-state index contributed by atoms with van der Waals surface area (Å²) in [7, 11) is -4.76. The maximum atomic E-state index is 12.9. The topological polar surface area (TPSA) is 155 Å². The summed E-state index contributed by atoms with van der Waals surface area (Å²) < 4.78 is 39.6. The second-order valence-corrected chi connectivity index (χ2v) is 21.9. The number of rotatable bonds is 57. The third-order valence-corrected chi connectivity index (χ3v) is 14.0. The minimum atomic E-state index is -4.76. The van der Waals surface area contributed by atoms with Gasteiger partial charge in [0.25, 0.3) is 0 Å². The van der Waals surface area contributed by atoms with Crippen LogP contribution in [0.5, 0.6) is 0 Å². The Balaban J connectivity index is 4.73. The lowest BCUT2D eigenvalue weighted by molar-refractivity contribution is -0.161. The van der Waals surface area contributed by atoms with Gasteiger partial charge in [-0.3, -0.25) is 23.4 Å². The van der Waals surface area contributed by atoms with Gasteiger partial charge in [-0.15, -0.1) is 0 Å². The fraction of sp³-hybridized carbons (Fsp3) is 0.766. The number of phosphoric ester groups is 1. The molecule has 0 aromatic heterocycles. The van der Waals surface area contributed by atoms with Gasteiger partial charge >= 0.3 is 25.7 Å². The standard InChI is InChI=1S/C64H113O11P/c1-4-7-10-13-16-19-22-24-26-28-30-32-34-36-39-41-44-47-50-53-62(66)71-57-61(75-64(68)55-52-49-46-43-40-37-35-33-31-29-27-25-23-20-17-14-11-8-5-2)59-73-76(69,70)72-58-60(56-65)74-63(67)54-51-48-45-42-38-21-18-15-12-9-6-3/h8,11,15,17-18,20,24-27,31,33,60-61,65H,4-7,9-10,12-14,16,19,21-23,28-30,32,34-59H2,1-3H3,(H,69,70)/b11-8-,18-15-,20-17-,26-24-,27-25-,33-31-. The molecule has 3 atom stereocenters. The number of unbranched alkanes of at least 4 members (excludes halogenated alkanes) is 28. The Kier molecular flexibility index (Phi) is 55.7. The van der Waals surface area contributed by atoms with Crippen molar-refractivity contribution in [1.29, 1.82) is 0 Å². The van der Waals surface area contributed by atoms with E-state index < -0.39 is 57.8 Å². The van der Waals surface area contributed by atoms with E-state index in [-0.39, 0.29) is 25.9 Å². The molecule has 0 fully saturated rings. The van der Waals surface area contributed by atoms with Crippen molar-refractivity contribution in [3.05, 3.63) is 72.9 Å². The summed E-state index contributed by atoms with van der Waals surface area (Å²) in [5.74, 6) is -1.48. The van der Waals surface area contributed by atoms with Gasteiger partial charge in [0.2, 0.25) is 0 Å². The number of carbonyl (C=O) groups is 3. The number of esters is 3. The van der Waals surface area contributed by atoms with E-state index in [1.807, 2.05) is 0 Å². The van der Waals surface area contributed by atoms with E-state index in [4.69, 9.17) is 23.3 Å². The molecule has 2 N–H and O–H groups in total. The van der Waals surface area contributed by atoms with Crippen LogP contribution in [0.25, 0.3) is 0 Å². The SMILES string of the molecule is CC/C=C\C/C=C\C/C=C\C/C=C\CCCCCCCCC(=O)OC(COC(=O)CCCCCCCCCCC/C=C\CCCCCCCC)COP(=O)(O)OCC(CO)OC(=O)CCCCCCC/C=C\CCCC. The van der Waals surface area contributed by atoms with Gasteiger partial charge in [-0.05, 0) is 103 Å². The molecule has 0 heterocycles. The molecule has 0 saturated carbocycles. The summed E-state index contributed by atoms with van der Waals surface area (Å²) in [6.07, 6.45) is 65.7. The second-order valence-electron chi connectivity index (χ2n) is 20.5. The first-order valence-electron chi connectivity index (χ1n) is 30.8. The number of hydrogen-bond donors (Lipinski definition) is 2. The van der Waals surface area contributed by atoms with Crippen LogP contribution in [0.1, 0.15) is 278 Å². The predicted molar refractivity (Wildman–Crippen MR) is 316 cm³/mol. The van der Waals surface area contributed by atoms with Crippen LogP contribution < -0.4 is 0 Å². The minimum absolute atomic E-state index is 0.150. The van der Waals surface area contributed by atoms with Crippen molar-refractivity contribution >= 4 is 25.7 Å². The summed E-state index contributed by atoms with van der Waals surface area (Å²) in [5.41, 5.74) is 0. The Morgan fingerprint density at radius 1 is 0.382 bits per heavy atom. The second kappa shape index (κ2) is 58.1. The number of allylic oxidation sites excluding steroid dienone is 12. The van der Waals surface area contributed by atoms with E-state index in [1.165, 1.54) is 96.3 Å². The molecule has 0 aliphatic heterocycles. The van der Waals surface area contributed by atoms with E-state index >= 15 is 0 Å². The fourth-order valence-electron chi connectivity index (χ4n) is 8.38. The van der Waals surface area contributed by atoms with Gasteiger partial charge in [0.05, 0.1) is 19.8 Å². The van der Waals surface area contributed by atoms with E-state index in [9.17, 15) is 28.9 Å². The highest BCUT2D eigenvalue weighted by Gasteiger charge is 2.28. The smallest absolute Gasteiger partial charge is 0.462 e. The van der Waals surface area contributed by atoms with E-state index in [2.05, 4.69) is 93.7 Å². The third kappa shape index (κ3) is 55.7. The first-order valence-corrected chi connectivity index (χ1v) is 32.3. The maximum absolute atomic E-state index is 12.9. The van der Waals surface area contributed by atoms with Crippen LogP contribution >= 0.6 is 7.82 Å². The number of aliphatic hydroxyl groups excluding tert-OH is 1. The van der Waals surface area contributed by atoms with Crippen LogP contribution in [0.2, 0.25) is 0 Å². The van der Waals surface area contributed by atoms with Crippen LogP contribution in [0.3, 0.4) is 0 Å². The summed E-state index contributed by atoms with van der Waals surface area (Å²) in [4.78, 5) is 48.6. The zero-order valence-electron chi connectivity index (χ0n) is 48.7. The summed E-state index contributed by atoms with van der Waals surface area (Å²) >= 11 is 0. The third-order valence-electron chi connectivity index (χ3n) is 13.1. The Morgan fingerprint density at radius 3 is 1.11 bits per heavy atom. The van der Waals surface area contributed by atoms with Gasteiger partial charge in [0, 0.05) is 19.3 Å². The zero-order valence-corrected chi connectivity index (χ0v) is 49.6.